The van der Waals surface area contributed by atoms with E-state index in [0.29, 0.717) is 0 Å². The van der Waals surface area contributed by atoms with E-state index in [1.54, 1.807) is 0 Å². The molecule has 0 fully saturated rings. The normalized spacial score (nSPS) is 10.6. The van der Waals surface area contributed by atoms with Gasteiger partial charge in [0.2, 0.25) is 0 Å². The smallest absolute Gasteiger partial charge is 0.268 e. The summed E-state index contributed by atoms with van der Waals surface area (Å²) in [5.74, 6) is 0. The quantitative estimate of drug-likeness (QED) is 0.304. The highest BCUT2D eigenvalue weighted by Crippen LogP contribution is 2.68. The van der Waals surface area contributed by atoms with Crippen LogP contribution in [0, 0.1) is 0 Å². The first kappa shape index (κ1) is 15.0. The second-order valence-corrected chi connectivity index (χ2v) is 34.3. The van der Waals surface area contributed by atoms with E-state index < -0.39 is 3.25 Å². The summed E-state index contributed by atoms with van der Waals surface area (Å²) >= 11 is 17.8. The van der Waals surface area contributed by atoms with Gasteiger partial charge in [-0.05, 0) is 46.5 Å². The zero-order valence-electron chi connectivity index (χ0n) is 3.57. The molecule has 0 amide bonds. The van der Waals surface area contributed by atoms with Gasteiger partial charge in [0, 0.05) is 46.5 Å². The Morgan fingerprint density at radius 3 is 1.00 bits per heavy atom. The fourth-order valence-electron chi connectivity index (χ4n) is 0. The van der Waals surface area contributed by atoms with Crippen LogP contribution in [0.15, 0.2) is 0 Å². The summed E-state index contributed by atoms with van der Waals surface area (Å²) in [5.41, 5.74) is 0. The van der Waals surface area contributed by atoms with Crippen LogP contribution in [0.3, 0.4) is 0 Å². The molecular formula is Br6OP2. The minimum absolute atomic E-state index is 0.183. The maximum atomic E-state index is 9.97. The highest BCUT2D eigenvalue weighted by atomic mass is 80.0. The van der Waals surface area contributed by atoms with E-state index >= 15 is 0 Å². The molecule has 0 saturated carbocycles. The number of rotatable bonds is 0. The Bertz CT molecular complexity index is 82.2. The Hall–Kier alpha value is 3.54. The number of hydrogen-bond acceptors (Lipinski definition) is 1. The predicted octanol–water partition coefficient (Wildman–Crippen LogP) is 6.68. The Morgan fingerprint density at radius 1 is 1.00 bits per heavy atom. The Kier molecular flexibility index (Phi) is 13.6. The Labute approximate surface area is 103 Å². The van der Waals surface area contributed by atoms with Gasteiger partial charge >= 0.3 is 0 Å². The van der Waals surface area contributed by atoms with Crippen LogP contribution in [0.25, 0.3) is 0 Å². The van der Waals surface area contributed by atoms with Crippen molar-refractivity contribution in [3.63, 3.8) is 0 Å². The molecule has 0 atom stereocenters. The summed E-state index contributed by atoms with van der Waals surface area (Å²) in [4.78, 5) is 0. The first-order chi connectivity index (χ1) is 3.73. The largest absolute Gasteiger partial charge is 0.287 e. The maximum Gasteiger partial charge on any atom is 0.268 e. The van der Waals surface area contributed by atoms with Crippen LogP contribution < -0.4 is 0 Å². The molecule has 0 heterocycles. The minimum Gasteiger partial charge on any atom is -0.287 e. The van der Waals surface area contributed by atoms with E-state index in [4.69, 9.17) is 0 Å². The van der Waals surface area contributed by atoms with E-state index in [-0.39, 0.29) is 4.03 Å². The molecule has 0 aliphatic heterocycles. The van der Waals surface area contributed by atoms with Gasteiger partial charge in [0.15, 0.2) is 0 Å². The van der Waals surface area contributed by atoms with Crippen molar-refractivity contribution in [2.75, 3.05) is 0 Å². The average molecular weight is 557 g/mol. The second kappa shape index (κ2) is 8.15. The molecule has 0 N–H and O–H groups in total. The lowest BCUT2D eigenvalue weighted by atomic mass is 16.0. The zero-order valence-corrected chi connectivity index (χ0v) is 14.9. The lowest BCUT2D eigenvalue weighted by molar-refractivity contribution is 0.603. The van der Waals surface area contributed by atoms with Crippen LogP contribution >= 0.6 is 100 Å². The molecular weight excluding hydrogens is 557 g/mol. The van der Waals surface area contributed by atoms with Gasteiger partial charge in [0.1, 0.15) is 4.03 Å². The molecule has 0 saturated heterocycles. The fourth-order valence-corrected chi connectivity index (χ4v) is 0. The van der Waals surface area contributed by atoms with Gasteiger partial charge < -0.3 is 0 Å². The summed E-state index contributed by atoms with van der Waals surface area (Å²) in [5, 5.41) is 0. The molecule has 1 nitrogen and oxygen atoms in total. The molecule has 9 heteroatoms. The molecule has 0 unspecified atom stereocenters. The monoisotopic (exact) mass is 551 g/mol. The van der Waals surface area contributed by atoms with Gasteiger partial charge in [0.05, 0.1) is 0 Å². The summed E-state index contributed by atoms with van der Waals surface area (Å²) in [6, 6.07) is 0. The lowest BCUT2D eigenvalue weighted by Crippen LogP contribution is -1.14. The number of halogens is 6. The van der Waals surface area contributed by atoms with Crippen molar-refractivity contribution < 1.29 is 4.57 Å². The second-order valence-electron chi connectivity index (χ2n) is 0.590. The van der Waals surface area contributed by atoms with E-state index in [9.17, 15) is 4.57 Å². The van der Waals surface area contributed by atoms with Gasteiger partial charge in [-0.25, -0.2) is 0 Å². The molecule has 0 bridgehead atoms. The van der Waals surface area contributed by atoms with Crippen molar-refractivity contribution in [2.45, 2.75) is 0 Å². The van der Waals surface area contributed by atoms with Crippen LogP contribution in [-0.2, 0) is 4.57 Å². The minimum atomic E-state index is -2.20. The first-order valence-corrected chi connectivity index (χ1v) is 16.4. The van der Waals surface area contributed by atoms with Crippen LogP contribution in [0.2, 0.25) is 0 Å². The summed E-state index contributed by atoms with van der Waals surface area (Å²) < 4.78 is 7.58. The highest BCUT2D eigenvalue weighted by Gasteiger charge is 2.00. The van der Waals surface area contributed by atoms with Crippen molar-refractivity contribution in [3.05, 3.63) is 0 Å². The molecule has 0 aliphatic rings. The molecule has 0 radical (unpaired) electrons. The standard InChI is InChI=1S/Br3OP.Br3P/c1-5(2,3)4;1-4(2)3. The molecule has 9 heavy (non-hydrogen) atoms. The van der Waals surface area contributed by atoms with Crippen molar-refractivity contribution >= 4 is 100 Å². The van der Waals surface area contributed by atoms with E-state index in [2.05, 4.69) is 92.9 Å². The lowest BCUT2D eigenvalue weighted by Gasteiger charge is -1.76. The zero-order chi connectivity index (χ0) is 8.08. The Morgan fingerprint density at radius 2 is 1.00 bits per heavy atom. The molecule has 0 rings (SSSR count). The van der Waals surface area contributed by atoms with Crippen molar-refractivity contribution in [1.82, 2.24) is 0 Å². The molecule has 0 spiro atoms. The van der Waals surface area contributed by atoms with Crippen LogP contribution in [0.1, 0.15) is 0 Å². The number of hydrogen-bond donors (Lipinski definition) is 0. The van der Waals surface area contributed by atoms with Crippen LogP contribution in [0.5, 0.6) is 0 Å². The van der Waals surface area contributed by atoms with E-state index in [0.717, 1.165) is 0 Å². The highest BCUT2D eigenvalue weighted by molar-refractivity contribution is 9.94. The topological polar surface area (TPSA) is 17.1 Å². The molecule has 0 aromatic heterocycles. The SMILES string of the molecule is BrP(Br)Br.O=P(Br)(Br)Br. The van der Waals surface area contributed by atoms with Gasteiger partial charge in [-0.3, -0.25) is 4.57 Å². The third kappa shape index (κ3) is 83.8. The fraction of sp³-hybridized carbons (Fsp3) is 0. The molecule has 0 aromatic rings. The van der Waals surface area contributed by atoms with Crippen molar-refractivity contribution in [1.29, 1.82) is 0 Å². The average Bonchev–Trinajstić information content (AvgIpc) is 1.19. The molecule has 0 aliphatic carbocycles. The summed E-state index contributed by atoms with van der Waals surface area (Å²) in [7, 11) is 0. The van der Waals surface area contributed by atoms with E-state index in [1.165, 1.54) is 0 Å². The van der Waals surface area contributed by atoms with Crippen molar-refractivity contribution in [2.24, 2.45) is 0 Å². The third-order valence-corrected chi connectivity index (χ3v) is 0. The molecule has 0 aromatic carbocycles. The van der Waals surface area contributed by atoms with Gasteiger partial charge in [0.25, 0.3) is 3.25 Å². The summed E-state index contributed by atoms with van der Waals surface area (Å²) in [6.07, 6.45) is 0. The van der Waals surface area contributed by atoms with Gasteiger partial charge in [-0.15, -0.1) is 0 Å². The van der Waals surface area contributed by atoms with E-state index in [1.807, 2.05) is 0 Å². The van der Waals surface area contributed by atoms with Crippen LogP contribution in [-0.4, -0.2) is 0 Å². The first-order valence-electron chi connectivity index (χ1n) is 1.20. The molecule has 58 valence electrons. The van der Waals surface area contributed by atoms with Gasteiger partial charge in [-0.2, -0.15) is 0 Å². The van der Waals surface area contributed by atoms with Crippen LogP contribution in [0.4, 0.5) is 0 Å². The maximum absolute atomic E-state index is 9.97. The van der Waals surface area contributed by atoms with Crippen molar-refractivity contribution in [3.8, 4) is 0 Å². The van der Waals surface area contributed by atoms with Gasteiger partial charge in [-0.1, -0.05) is 0 Å². The summed E-state index contributed by atoms with van der Waals surface area (Å²) in [6.45, 7) is 0. The Balaban J connectivity index is 0. The third-order valence-electron chi connectivity index (χ3n) is 0. The predicted molar refractivity (Wildman–Crippen MR) is 68.1 cm³/mol.